The molecule has 0 atom stereocenters. The van der Waals surface area contributed by atoms with Crippen LogP contribution in [-0.4, -0.2) is 47.2 Å². The highest BCUT2D eigenvalue weighted by Crippen LogP contribution is 2.24. The van der Waals surface area contributed by atoms with E-state index in [0.29, 0.717) is 6.04 Å². The van der Waals surface area contributed by atoms with Gasteiger partial charge >= 0.3 is 6.09 Å². The molecule has 1 saturated heterocycles. The van der Waals surface area contributed by atoms with Crippen LogP contribution in [0.25, 0.3) is 0 Å². The van der Waals surface area contributed by atoms with Crippen molar-refractivity contribution in [1.29, 1.82) is 0 Å². The van der Waals surface area contributed by atoms with E-state index in [4.69, 9.17) is 4.74 Å². The van der Waals surface area contributed by atoms with Gasteiger partial charge in [0.25, 0.3) is 0 Å². The highest BCUT2D eigenvalue weighted by molar-refractivity contribution is 5.68. The van der Waals surface area contributed by atoms with Gasteiger partial charge in [-0.15, -0.1) is 0 Å². The molecule has 0 aliphatic carbocycles. The lowest BCUT2D eigenvalue weighted by molar-refractivity contribution is 0.0164. The number of piperidine rings is 1. The molecule has 0 saturated carbocycles. The van der Waals surface area contributed by atoms with Gasteiger partial charge in [0, 0.05) is 31.4 Å². The van der Waals surface area contributed by atoms with Gasteiger partial charge in [0.15, 0.2) is 0 Å². The van der Waals surface area contributed by atoms with Gasteiger partial charge in [0.05, 0.1) is 0 Å². The summed E-state index contributed by atoms with van der Waals surface area (Å²) in [4.78, 5) is 16.4. The molecule has 0 radical (unpaired) electrons. The van der Waals surface area contributed by atoms with Crippen LogP contribution in [-0.2, 0) is 4.74 Å². The van der Waals surface area contributed by atoms with Crippen molar-refractivity contribution in [2.75, 3.05) is 19.6 Å². The molecule has 1 aliphatic heterocycles. The largest absolute Gasteiger partial charge is 0.444 e. The van der Waals surface area contributed by atoms with E-state index in [9.17, 15) is 4.79 Å². The number of allylic oxidation sites excluding steroid dienone is 2. The summed E-state index contributed by atoms with van der Waals surface area (Å²) in [5, 5.41) is 0. The number of carbonyl (C=O) groups excluding carboxylic acids is 1. The number of hydrogen-bond donors (Lipinski definition) is 0. The topological polar surface area (TPSA) is 32.8 Å². The van der Waals surface area contributed by atoms with Gasteiger partial charge in [-0.1, -0.05) is 19.1 Å². The van der Waals surface area contributed by atoms with Crippen molar-refractivity contribution in [2.45, 2.75) is 72.4 Å². The van der Waals surface area contributed by atoms with Gasteiger partial charge in [-0.25, -0.2) is 4.79 Å². The zero-order valence-corrected chi connectivity index (χ0v) is 15.8. The molecule has 4 heteroatoms. The third kappa shape index (κ3) is 5.60. The van der Waals surface area contributed by atoms with E-state index in [0.717, 1.165) is 38.9 Å². The lowest BCUT2D eigenvalue weighted by Crippen LogP contribution is -2.47. The van der Waals surface area contributed by atoms with Crippen LogP contribution in [0.3, 0.4) is 0 Å². The van der Waals surface area contributed by atoms with Crippen LogP contribution in [0, 0.1) is 0 Å². The SMILES string of the molecule is C=C/C(=C(/C)CC)N(CC)C1CCN(C(=O)OC(C)(C)C)CC1. The number of likely N-dealkylation sites (tertiary alicyclic amines) is 1. The molecule has 0 aromatic heterocycles. The van der Waals surface area contributed by atoms with Crippen molar-refractivity contribution in [3.8, 4) is 0 Å². The highest BCUT2D eigenvalue weighted by atomic mass is 16.6. The molecule has 0 N–H and O–H groups in total. The number of ether oxygens (including phenoxy) is 1. The second kappa shape index (κ2) is 8.42. The van der Waals surface area contributed by atoms with Crippen LogP contribution in [0.5, 0.6) is 0 Å². The lowest BCUT2D eigenvalue weighted by Gasteiger charge is -2.40. The fraction of sp³-hybridized carbons (Fsp3) is 0.737. The summed E-state index contributed by atoms with van der Waals surface area (Å²) in [6.45, 7) is 18.7. The van der Waals surface area contributed by atoms with Crippen LogP contribution in [0.2, 0.25) is 0 Å². The quantitative estimate of drug-likeness (QED) is 0.695. The van der Waals surface area contributed by atoms with Crippen molar-refractivity contribution in [3.05, 3.63) is 23.9 Å². The minimum atomic E-state index is -0.430. The van der Waals surface area contributed by atoms with Crippen LogP contribution >= 0.6 is 0 Å². The van der Waals surface area contributed by atoms with E-state index >= 15 is 0 Å². The third-order valence-corrected chi connectivity index (χ3v) is 4.37. The Bertz CT molecular complexity index is 441. The Hall–Kier alpha value is -1.45. The van der Waals surface area contributed by atoms with Crippen LogP contribution in [0.4, 0.5) is 4.79 Å². The molecule has 1 amide bonds. The van der Waals surface area contributed by atoms with Gasteiger partial charge in [-0.2, -0.15) is 0 Å². The van der Waals surface area contributed by atoms with E-state index in [2.05, 4.69) is 32.3 Å². The Morgan fingerprint density at radius 1 is 1.30 bits per heavy atom. The predicted molar refractivity (Wildman–Crippen MR) is 96.4 cm³/mol. The third-order valence-electron chi connectivity index (χ3n) is 4.37. The molecule has 0 aromatic rings. The number of nitrogens with zero attached hydrogens (tertiary/aromatic N) is 2. The molecule has 0 aromatic carbocycles. The number of carbonyl (C=O) groups is 1. The maximum absolute atomic E-state index is 12.2. The minimum absolute atomic E-state index is 0.191. The van der Waals surface area contributed by atoms with Gasteiger partial charge in [0.2, 0.25) is 0 Å². The smallest absolute Gasteiger partial charge is 0.410 e. The Morgan fingerprint density at radius 2 is 1.87 bits per heavy atom. The predicted octanol–water partition coefficient (Wildman–Crippen LogP) is 4.58. The second-order valence-electron chi connectivity index (χ2n) is 7.21. The Kier molecular flexibility index (Phi) is 7.17. The highest BCUT2D eigenvalue weighted by Gasteiger charge is 2.29. The molecule has 4 nitrogen and oxygen atoms in total. The first-order valence-corrected chi connectivity index (χ1v) is 8.80. The molecule has 1 rings (SSSR count). The summed E-state index contributed by atoms with van der Waals surface area (Å²) in [6, 6.07) is 0.466. The van der Waals surface area contributed by atoms with Crippen LogP contribution in [0.1, 0.15) is 60.8 Å². The molecule has 0 bridgehead atoms. The number of hydrogen-bond acceptors (Lipinski definition) is 3. The van der Waals surface area contributed by atoms with Crippen molar-refractivity contribution in [1.82, 2.24) is 9.80 Å². The summed E-state index contributed by atoms with van der Waals surface area (Å²) in [7, 11) is 0. The van der Waals surface area contributed by atoms with E-state index in [1.54, 1.807) is 0 Å². The van der Waals surface area contributed by atoms with Crippen molar-refractivity contribution >= 4 is 6.09 Å². The number of amides is 1. The van der Waals surface area contributed by atoms with Crippen LogP contribution in [0.15, 0.2) is 23.9 Å². The first-order valence-electron chi connectivity index (χ1n) is 8.80. The average molecular weight is 322 g/mol. The molecule has 0 unspecified atom stereocenters. The Morgan fingerprint density at radius 3 is 2.26 bits per heavy atom. The molecule has 0 spiro atoms. The first kappa shape index (κ1) is 19.6. The van der Waals surface area contributed by atoms with Crippen molar-refractivity contribution in [3.63, 3.8) is 0 Å². The monoisotopic (exact) mass is 322 g/mol. The minimum Gasteiger partial charge on any atom is -0.444 e. The fourth-order valence-electron chi connectivity index (χ4n) is 3.03. The number of rotatable bonds is 5. The zero-order valence-electron chi connectivity index (χ0n) is 15.8. The lowest BCUT2D eigenvalue weighted by atomic mass is 10.0. The standard InChI is InChI=1S/C19H34N2O2/c1-8-15(4)17(9-2)21(10-3)16-11-13-20(14-12-16)18(22)23-19(5,6)7/h9,16H,2,8,10-14H2,1,3-7H3/b17-15+. The first-order chi connectivity index (χ1) is 10.7. The van der Waals surface area contributed by atoms with E-state index in [-0.39, 0.29) is 6.09 Å². The van der Waals surface area contributed by atoms with Crippen molar-refractivity contribution < 1.29 is 9.53 Å². The Labute approximate surface area is 142 Å². The maximum atomic E-state index is 12.2. The summed E-state index contributed by atoms with van der Waals surface area (Å²) in [6.07, 6.45) is 4.77. The fourth-order valence-corrected chi connectivity index (χ4v) is 3.03. The van der Waals surface area contributed by atoms with Gasteiger partial charge < -0.3 is 14.5 Å². The van der Waals surface area contributed by atoms with Gasteiger partial charge in [-0.3, -0.25) is 0 Å². The Balaban J connectivity index is 2.70. The average Bonchev–Trinajstić information content (AvgIpc) is 2.50. The molecule has 1 aliphatic rings. The molecule has 132 valence electrons. The second-order valence-corrected chi connectivity index (χ2v) is 7.21. The number of likely N-dealkylation sites (N-methyl/N-ethyl adjacent to an activating group) is 1. The summed E-state index contributed by atoms with van der Waals surface area (Å²) >= 11 is 0. The molecule has 1 heterocycles. The maximum Gasteiger partial charge on any atom is 0.410 e. The molecular weight excluding hydrogens is 288 g/mol. The van der Waals surface area contributed by atoms with Gasteiger partial charge in [0.1, 0.15) is 5.60 Å². The molecule has 1 fully saturated rings. The van der Waals surface area contributed by atoms with Crippen molar-refractivity contribution in [2.24, 2.45) is 0 Å². The van der Waals surface area contributed by atoms with Gasteiger partial charge in [-0.05, 0) is 60.0 Å². The van der Waals surface area contributed by atoms with E-state index in [1.807, 2.05) is 31.7 Å². The van der Waals surface area contributed by atoms with Crippen LogP contribution < -0.4 is 0 Å². The summed E-state index contributed by atoms with van der Waals surface area (Å²) < 4.78 is 5.47. The van der Waals surface area contributed by atoms with E-state index in [1.165, 1.54) is 11.3 Å². The summed E-state index contributed by atoms with van der Waals surface area (Å²) in [5.41, 5.74) is 2.20. The molecule has 23 heavy (non-hydrogen) atoms. The summed E-state index contributed by atoms with van der Waals surface area (Å²) in [5.74, 6) is 0. The normalized spacial score (nSPS) is 17.6. The molecular formula is C19H34N2O2. The zero-order chi connectivity index (χ0) is 17.6. The van der Waals surface area contributed by atoms with E-state index < -0.39 is 5.60 Å².